The Kier molecular flexibility index (Phi) is 3.98. The monoisotopic (exact) mass is 286 g/mol. The molecule has 0 aromatic heterocycles. The lowest BCUT2D eigenvalue weighted by Gasteiger charge is -2.12. The maximum absolute atomic E-state index is 6.63. The Morgan fingerprint density at radius 3 is 2.55 bits per heavy atom. The van der Waals surface area contributed by atoms with Crippen LogP contribution in [0.2, 0.25) is 0 Å². The summed E-state index contributed by atoms with van der Waals surface area (Å²) in [6.07, 6.45) is 2.08. The van der Waals surface area contributed by atoms with Gasteiger partial charge in [-0.2, -0.15) is 0 Å². The zero-order chi connectivity index (χ0) is 13.9. The molecule has 0 amide bonds. The summed E-state index contributed by atoms with van der Waals surface area (Å²) in [5.74, 6) is 2.16. The van der Waals surface area contributed by atoms with Crippen LogP contribution in [-0.4, -0.2) is 12.5 Å². The van der Waals surface area contributed by atoms with Crippen LogP contribution in [0.5, 0.6) is 5.75 Å². The molecule has 0 saturated heterocycles. The van der Waals surface area contributed by atoms with Crippen molar-refractivity contribution in [3.63, 3.8) is 0 Å². The number of hydrogen-bond donors (Lipinski definition) is 0. The van der Waals surface area contributed by atoms with Crippen molar-refractivity contribution in [2.24, 2.45) is 5.92 Å². The fourth-order valence-electron chi connectivity index (χ4n) is 2.93. The van der Waals surface area contributed by atoms with Gasteiger partial charge in [-0.3, -0.25) is 0 Å². The fraction of sp³-hybridized carbons (Fsp3) is 0.333. The van der Waals surface area contributed by atoms with Crippen molar-refractivity contribution >= 4 is 11.6 Å². The Labute approximate surface area is 125 Å². The minimum Gasteiger partial charge on any atom is -0.496 e. The highest BCUT2D eigenvalue weighted by molar-refractivity contribution is 6.21. The van der Waals surface area contributed by atoms with Crippen molar-refractivity contribution in [1.82, 2.24) is 0 Å². The quantitative estimate of drug-likeness (QED) is 0.727. The van der Waals surface area contributed by atoms with E-state index in [1.807, 2.05) is 18.2 Å². The van der Waals surface area contributed by atoms with Crippen LogP contribution in [-0.2, 0) is 6.42 Å². The lowest BCUT2D eigenvalue weighted by atomic mass is 10.0. The number of halogens is 1. The van der Waals surface area contributed by atoms with Gasteiger partial charge >= 0.3 is 0 Å². The van der Waals surface area contributed by atoms with Gasteiger partial charge in [0, 0.05) is 5.38 Å². The molecule has 20 heavy (non-hydrogen) atoms. The molecular formula is C18H19ClO. The third kappa shape index (κ3) is 2.83. The average molecular weight is 287 g/mol. The minimum atomic E-state index is 0.177. The van der Waals surface area contributed by atoms with Gasteiger partial charge in [0.1, 0.15) is 5.75 Å². The van der Waals surface area contributed by atoms with E-state index in [-0.39, 0.29) is 5.38 Å². The summed E-state index contributed by atoms with van der Waals surface area (Å²) in [5, 5.41) is 0.177. The van der Waals surface area contributed by atoms with Gasteiger partial charge in [0.05, 0.1) is 7.11 Å². The van der Waals surface area contributed by atoms with E-state index in [1.54, 1.807) is 7.11 Å². The van der Waals surface area contributed by atoms with Crippen LogP contribution in [0.4, 0.5) is 0 Å². The molecule has 1 nitrogen and oxygen atoms in total. The zero-order valence-electron chi connectivity index (χ0n) is 11.6. The molecule has 1 fully saturated rings. The molecule has 0 aliphatic heterocycles. The van der Waals surface area contributed by atoms with E-state index in [9.17, 15) is 0 Å². The second-order valence-electron chi connectivity index (χ2n) is 5.45. The van der Waals surface area contributed by atoms with Crippen molar-refractivity contribution in [1.29, 1.82) is 0 Å². The number of hydrogen-bond acceptors (Lipinski definition) is 1. The smallest absolute Gasteiger partial charge is 0.122 e. The Morgan fingerprint density at radius 2 is 1.80 bits per heavy atom. The average Bonchev–Trinajstić information content (AvgIpc) is 3.29. The highest BCUT2D eigenvalue weighted by Gasteiger charge is 2.43. The molecule has 2 aromatic carbocycles. The van der Waals surface area contributed by atoms with Crippen LogP contribution in [0.3, 0.4) is 0 Å². The molecule has 104 valence electrons. The second-order valence-corrected chi connectivity index (χ2v) is 6.01. The Hall–Kier alpha value is -1.47. The minimum absolute atomic E-state index is 0.177. The van der Waals surface area contributed by atoms with Gasteiger partial charge < -0.3 is 4.74 Å². The molecule has 3 atom stereocenters. The van der Waals surface area contributed by atoms with Crippen LogP contribution in [0.15, 0.2) is 54.6 Å². The Morgan fingerprint density at radius 1 is 1.10 bits per heavy atom. The predicted octanol–water partition coefficient (Wildman–Crippen LogP) is 4.65. The van der Waals surface area contributed by atoms with Crippen molar-refractivity contribution in [3.05, 3.63) is 65.7 Å². The van der Waals surface area contributed by atoms with Gasteiger partial charge in [-0.05, 0) is 41.9 Å². The molecular weight excluding hydrogens is 268 g/mol. The number of para-hydroxylation sites is 1. The maximum atomic E-state index is 6.63. The largest absolute Gasteiger partial charge is 0.496 e. The van der Waals surface area contributed by atoms with E-state index in [1.165, 1.54) is 17.5 Å². The Bertz CT molecular complexity index is 567. The molecule has 1 saturated carbocycles. The second kappa shape index (κ2) is 5.88. The van der Waals surface area contributed by atoms with E-state index < -0.39 is 0 Å². The van der Waals surface area contributed by atoms with Gasteiger partial charge in [-0.15, -0.1) is 11.6 Å². The van der Waals surface area contributed by atoms with E-state index in [4.69, 9.17) is 16.3 Å². The van der Waals surface area contributed by atoms with Crippen molar-refractivity contribution in [2.45, 2.75) is 24.1 Å². The molecule has 0 spiro atoms. The highest BCUT2D eigenvalue weighted by Crippen LogP contribution is 2.51. The van der Waals surface area contributed by atoms with Gasteiger partial charge in [-0.1, -0.05) is 48.5 Å². The molecule has 0 heterocycles. The van der Waals surface area contributed by atoms with E-state index in [2.05, 4.69) is 36.4 Å². The van der Waals surface area contributed by atoms with E-state index >= 15 is 0 Å². The summed E-state index contributed by atoms with van der Waals surface area (Å²) in [7, 11) is 1.71. The first-order valence-electron chi connectivity index (χ1n) is 7.10. The molecule has 1 aliphatic carbocycles. The van der Waals surface area contributed by atoms with Crippen molar-refractivity contribution in [2.75, 3.05) is 7.11 Å². The van der Waals surface area contributed by atoms with Crippen LogP contribution < -0.4 is 4.74 Å². The molecule has 1 aliphatic rings. The topological polar surface area (TPSA) is 9.23 Å². The number of benzene rings is 2. The summed E-state index contributed by atoms with van der Waals surface area (Å²) >= 11 is 6.63. The van der Waals surface area contributed by atoms with Crippen LogP contribution in [0, 0.1) is 5.92 Å². The summed E-state index contributed by atoms with van der Waals surface area (Å²) in [6, 6.07) is 18.8. The number of ether oxygens (including phenoxy) is 1. The molecule has 0 radical (unpaired) electrons. The summed E-state index contributed by atoms with van der Waals surface area (Å²) in [5.41, 5.74) is 2.62. The standard InChI is InChI=1S/C18H19ClO/c1-20-18-10-6-5-9-14(18)11-17(19)16-12-15(16)13-7-3-2-4-8-13/h2-10,15-17H,11-12H2,1H3. The SMILES string of the molecule is COc1ccccc1CC(Cl)C1CC1c1ccccc1. The number of methoxy groups -OCH3 is 1. The normalized spacial score (nSPS) is 22.3. The highest BCUT2D eigenvalue weighted by atomic mass is 35.5. The summed E-state index contributed by atoms with van der Waals surface area (Å²) in [4.78, 5) is 0. The first kappa shape index (κ1) is 13.5. The molecule has 3 unspecified atom stereocenters. The van der Waals surface area contributed by atoms with Gasteiger partial charge in [-0.25, -0.2) is 0 Å². The molecule has 0 bridgehead atoms. The van der Waals surface area contributed by atoms with Crippen molar-refractivity contribution in [3.8, 4) is 5.75 Å². The first-order valence-corrected chi connectivity index (χ1v) is 7.54. The molecule has 0 N–H and O–H groups in total. The van der Waals surface area contributed by atoms with Crippen LogP contribution in [0.1, 0.15) is 23.5 Å². The third-order valence-electron chi connectivity index (χ3n) is 4.14. The molecule has 2 heteroatoms. The lowest BCUT2D eigenvalue weighted by molar-refractivity contribution is 0.409. The van der Waals surface area contributed by atoms with Gasteiger partial charge in [0.25, 0.3) is 0 Å². The summed E-state index contributed by atoms with van der Waals surface area (Å²) in [6.45, 7) is 0. The van der Waals surface area contributed by atoms with Crippen LogP contribution in [0.25, 0.3) is 0 Å². The third-order valence-corrected chi connectivity index (χ3v) is 4.62. The number of rotatable bonds is 5. The lowest BCUT2D eigenvalue weighted by Crippen LogP contribution is -2.08. The first-order chi connectivity index (χ1) is 9.79. The zero-order valence-corrected chi connectivity index (χ0v) is 12.4. The number of alkyl halides is 1. The van der Waals surface area contributed by atoms with Crippen LogP contribution >= 0.6 is 11.6 Å². The Balaban J connectivity index is 1.65. The van der Waals surface area contributed by atoms with Crippen molar-refractivity contribution < 1.29 is 4.74 Å². The maximum Gasteiger partial charge on any atom is 0.122 e. The predicted molar refractivity (Wildman–Crippen MR) is 83.6 cm³/mol. The molecule has 3 rings (SSSR count). The summed E-state index contributed by atoms with van der Waals surface area (Å²) < 4.78 is 5.40. The molecule has 2 aromatic rings. The fourth-order valence-corrected chi connectivity index (χ4v) is 3.38. The van der Waals surface area contributed by atoms with Gasteiger partial charge in [0.15, 0.2) is 0 Å². The van der Waals surface area contributed by atoms with Gasteiger partial charge in [0.2, 0.25) is 0 Å². The van der Waals surface area contributed by atoms with E-state index in [0.29, 0.717) is 11.8 Å². The van der Waals surface area contributed by atoms with E-state index in [0.717, 1.165) is 12.2 Å².